The van der Waals surface area contributed by atoms with Gasteiger partial charge in [-0.15, -0.1) is 0 Å². The minimum Gasteiger partial charge on any atom is -0.478 e. The van der Waals surface area contributed by atoms with Gasteiger partial charge in [0.2, 0.25) is 5.91 Å². The number of carboxylic acid groups (broad SMARTS) is 1. The van der Waals surface area contributed by atoms with Crippen LogP contribution in [0.15, 0.2) is 18.2 Å². The van der Waals surface area contributed by atoms with Crippen molar-refractivity contribution in [2.24, 2.45) is 0 Å². The molecular formula is C11H14N2O5S. The van der Waals surface area contributed by atoms with E-state index in [-0.39, 0.29) is 16.9 Å². The highest BCUT2D eigenvalue weighted by atomic mass is 32.2. The van der Waals surface area contributed by atoms with Crippen LogP contribution in [-0.4, -0.2) is 44.5 Å². The second kappa shape index (κ2) is 5.27. The lowest BCUT2D eigenvalue weighted by Gasteiger charge is -2.19. The molecule has 0 unspecified atom stereocenters. The number of anilines is 2. The van der Waals surface area contributed by atoms with Crippen molar-refractivity contribution < 1.29 is 23.1 Å². The minimum absolute atomic E-state index is 0.00906. The number of sulfone groups is 1. The number of hydrogen-bond donors (Lipinski definition) is 2. The van der Waals surface area contributed by atoms with Crippen LogP contribution in [-0.2, 0) is 14.6 Å². The number of hydrogen-bond acceptors (Lipinski definition) is 5. The van der Waals surface area contributed by atoms with E-state index in [4.69, 9.17) is 10.8 Å². The molecule has 0 saturated heterocycles. The van der Waals surface area contributed by atoms with Gasteiger partial charge in [-0.1, -0.05) is 0 Å². The molecular weight excluding hydrogens is 272 g/mol. The molecule has 104 valence electrons. The Balaban J connectivity index is 3.04. The fraction of sp³-hybridized carbons (Fsp3) is 0.273. The number of nitrogen functional groups attached to an aromatic ring is 1. The van der Waals surface area contributed by atoms with Crippen molar-refractivity contribution in [3.8, 4) is 0 Å². The third-order valence-electron chi connectivity index (χ3n) is 2.40. The summed E-state index contributed by atoms with van der Waals surface area (Å²) in [6.45, 7) is 0. The normalized spacial score (nSPS) is 11.1. The summed E-state index contributed by atoms with van der Waals surface area (Å²) in [4.78, 5) is 23.5. The van der Waals surface area contributed by atoms with Crippen LogP contribution in [0, 0.1) is 0 Å². The van der Waals surface area contributed by atoms with Crippen LogP contribution in [0.4, 0.5) is 11.4 Å². The van der Waals surface area contributed by atoms with Crippen molar-refractivity contribution in [3.05, 3.63) is 23.8 Å². The van der Waals surface area contributed by atoms with E-state index in [1.54, 1.807) is 0 Å². The zero-order valence-corrected chi connectivity index (χ0v) is 11.3. The predicted octanol–water partition coefficient (Wildman–Crippen LogP) is -0.0256. The summed E-state index contributed by atoms with van der Waals surface area (Å²) < 4.78 is 22.1. The molecule has 1 rings (SSSR count). The molecule has 1 aromatic rings. The molecule has 19 heavy (non-hydrogen) atoms. The third kappa shape index (κ3) is 3.95. The average Bonchev–Trinajstić information content (AvgIpc) is 2.25. The van der Waals surface area contributed by atoms with Gasteiger partial charge < -0.3 is 15.7 Å². The molecule has 0 aliphatic rings. The van der Waals surface area contributed by atoms with Crippen LogP contribution in [0.25, 0.3) is 0 Å². The number of carbonyl (C=O) groups excluding carboxylic acids is 1. The lowest BCUT2D eigenvalue weighted by molar-refractivity contribution is -0.115. The summed E-state index contributed by atoms with van der Waals surface area (Å²) in [5.74, 6) is -2.41. The molecule has 0 atom stereocenters. The second-order valence-electron chi connectivity index (χ2n) is 4.10. The van der Waals surface area contributed by atoms with Crippen LogP contribution < -0.4 is 10.6 Å². The van der Waals surface area contributed by atoms with Crippen LogP contribution in [0.5, 0.6) is 0 Å². The van der Waals surface area contributed by atoms with Crippen molar-refractivity contribution in [2.45, 2.75) is 0 Å². The molecule has 0 heterocycles. The first-order valence-electron chi connectivity index (χ1n) is 5.19. The zero-order chi connectivity index (χ0) is 14.8. The molecule has 0 bridgehead atoms. The smallest absolute Gasteiger partial charge is 0.335 e. The first-order valence-corrected chi connectivity index (χ1v) is 7.25. The topological polar surface area (TPSA) is 118 Å². The lowest BCUT2D eigenvalue weighted by Crippen LogP contribution is -2.32. The molecule has 1 amide bonds. The maximum absolute atomic E-state index is 11.7. The molecule has 0 aliphatic carbocycles. The van der Waals surface area contributed by atoms with Crippen LogP contribution >= 0.6 is 0 Å². The summed E-state index contributed by atoms with van der Waals surface area (Å²) in [7, 11) is -2.06. The van der Waals surface area contributed by atoms with E-state index in [0.29, 0.717) is 0 Å². The summed E-state index contributed by atoms with van der Waals surface area (Å²) in [6.07, 6.45) is 0.954. The first kappa shape index (κ1) is 15.0. The summed E-state index contributed by atoms with van der Waals surface area (Å²) in [6, 6.07) is 3.86. The molecule has 8 heteroatoms. The van der Waals surface area contributed by atoms with Crippen LogP contribution in [0.2, 0.25) is 0 Å². The molecule has 3 N–H and O–H groups in total. The number of carbonyl (C=O) groups is 2. The molecule has 7 nitrogen and oxygen atoms in total. The zero-order valence-electron chi connectivity index (χ0n) is 10.5. The first-order chi connectivity index (χ1) is 8.61. The van der Waals surface area contributed by atoms with Gasteiger partial charge in [0.1, 0.15) is 5.75 Å². The van der Waals surface area contributed by atoms with Gasteiger partial charge in [0.05, 0.1) is 16.9 Å². The molecule has 0 aromatic heterocycles. The Kier molecular flexibility index (Phi) is 4.15. The lowest BCUT2D eigenvalue weighted by atomic mass is 10.1. The van der Waals surface area contributed by atoms with E-state index in [2.05, 4.69) is 0 Å². The largest absolute Gasteiger partial charge is 0.478 e. The van der Waals surface area contributed by atoms with Crippen molar-refractivity contribution in [1.29, 1.82) is 0 Å². The highest BCUT2D eigenvalue weighted by Gasteiger charge is 2.19. The summed E-state index contributed by atoms with van der Waals surface area (Å²) in [5.41, 5.74) is 6.00. The predicted molar refractivity (Wildman–Crippen MR) is 70.9 cm³/mol. The van der Waals surface area contributed by atoms with Crippen molar-refractivity contribution in [3.63, 3.8) is 0 Å². The Morgan fingerprint density at radius 3 is 2.37 bits per heavy atom. The fourth-order valence-corrected chi connectivity index (χ4v) is 2.09. The fourth-order valence-electron chi connectivity index (χ4n) is 1.45. The maximum Gasteiger partial charge on any atom is 0.335 e. The number of nitrogens with two attached hydrogens (primary N) is 1. The van der Waals surface area contributed by atoms with E-state index in [1.165, 1.54) is 25.2 Å². The standard InChI is InChI=1S/C11H14N2O5S/c1-13(10(14)6-19(2,17)18)9-4-3-7(11(15)16)5-8(9)12/h3-5H,6,12H2,1-2H3,(H,15,16). The number of amides is 1. The van der Waals surface area contributed by atoms with Gasteiger partial charge in [-0.25, -0.2) is 13.2 Å². The number of rotatable bonds is 4. The van der Waals surface area contributed by atoms with Gasteiger partial charge in [-0.2, -0.15) is 0 Å². The van der Waals surface area contributed by atoms with Gasteiger partial charge in [0.15, 0.2) is 9.84 Å². The van der Waals surface area contributed by atoms with E-state index in [9.17, 15) is 18.0 Å². The van der Waals surface area contributed by atoms with Crippen molar-refractivity contribution >= 4 is 33.1 Å². The van der Waals surface area contributed by atoms with Gasteiger partial charge >= 0.3 is 5.97 Å². The van der Waals surface area contributed by atoms with Gasteiger partial charge in [-0.05, 0) is 18.2 Å². The van der Waals surface area contributed by atoms with E-state index in [0.717, 1.165) is 11.2 Å². The van der Waals surface area contributed by atoms with Crippen LogP contribution in [0.1, 0.15) is 10.4 Å². The van der Waals surface area contributed by atoms with Crippen molar-refractivity contribution in [1.82, 2.24) is 0 Å². The molecule has 0 spiro atoms. The summed E-state index contributed by atoms with van der Waals surface area (Å²) in [5, 5.41) is 8.79. The van der Waals surface area contributed by atoms with Gasteiger partial charge in [0.25, 0.3) is 0 Å². The SMILES string of the molecule is CN(C(=O)CS(C)(=O)=O)c1ccc(C(=O)O)cc1N. The molecule has 0 fully saturated rings. The Bertz CT molecular complexity index is 624. The monoisotopic (exact) mass is 286 g/mol. The average molecular weight is 286 g/mol. The Hall–Kier alpha value is -2.09. The number of aromatic carboxylic acids is 1. The quantitative estimate of drug-likeness (QED) is 0.751. The maximum atomic E-state index is 11.7. The second-order valence-corrected chi connectivity index (χ2v) is 6.24. The number of carboxylic acids is 1. The van der Waals surface area contributed by atoms with Crippen LogP contribution in [0.3, 0.4) is 0 Å². The van der Waals surface area contributed by atoms with Gasteiger partial charge in [-0.3, -0.25) is 4.79 Å². The van der Waals surface area contributed by atoms with E-state index in [1.807, 2.05) is 0 Å². The third-order valence-corrected chi connectivity index (χ3v) is 3.17. The van der Waals surface area contributed by atoms with Crippen molar-refractivity contribution in [2.75, 3.05) is 29.7 Å². The molecule has 0 saturated carbocycles. The van der Waals surface area contributed by atoms with E-state index >= 15 is 0 Å². The Morgan fingerprint density at radius 1 is 1.37 bits per heavy atom. The highest BCUT2D eigenvalue weighted by molar-refractivity contribution is 7.91. The van der Waals surface area contributed by atoms with E-state index < -0.39 is 27.5 Å². The number of benzene rings is 1. The molecule has 0 aliphatic heterocycles. The number of nitrogens with zero attached hydrogens (tertiary/aromatic N) is 1. The molecule has 0 radical (unpaired) electrons. The minimum atomic E-state index is -3.44. The summed E-state index contributed by atoms with van der Waals surface area (Å²) >= 11 is 0. The molecule has 1 aromatic carbocycles. The Labute approximate surface area is 110 Å². The highest BCUT2D eigenvalue weighted by Crippen LogP contribution is 2.23. The Morgan fingerprint density at radius 2 is 1.95 bits per heavy atom. The van der Waals surface area contributed by atoms with Gasteiger partial charge in [0, 0.05) is 13.3 Å².